The largest absolute Gasteiger partial charge is 0.477 e. The number of aromatic carboxylic acids is 1. The van der Waals surface area contributed by atoms with Crippen molar-refractivity contribution >= 4 is 11.8 Å². The second-order valence-corrected chi connectivity index (χ2v) is 5.62. The summed E-state index contributed by atoms with van der Waals surface area (Å²) in [7, 11) is 0. The molecule has 1 saturated heterocycles. The van der Waals surface area contributed by atoms with Gasteiger partial charge in [0.2, 0.25) is 0 Å². The number of rotatable bonds is 3. The molecule has 3 heterocycles. The Labute approximate surface area is 128 Å². The van der Waals surface area contributed by atoms with Gasteiger partial charge in [-0.25, -0.2) is 14.8 Å². The number of carbonyl (C=O) groups is 1. The number of carboxylic acid groups (broad SMARTS) is 1. The summed E-state index contributed by atoms with van der Waals surface area (Å²) in [5.41, 5.74) is 0.792. The van der Waals surface area contributed by atoms with Crippen molar-refractivity contribution in [2.75, 3.05) is 18.0 Å². The van der Waals surface area contributed by atoms with E-state index in [4.69, 9.17) is 0 Å². The minimum absolute atomic E-state index is 0.147. The van der Waals surface area contributed by atoms with Crippen molar-refractivity contribution in [3.8, 4) is 11.5 Å². The van der Waals surface area contributed by atoms with Gasteiger partial charge in [0.1, 0.15) is 17.1 Å². The number of piperidine rings is 1. The first kappa shape index (κ1) is 14.4. The summed E-state index contributed by atoms with van der Waals surface area (Å²) in [5, 5.41) is 9.39. The van der Waals surface area contributed by atoms with Crippen LogP contribution in [0.3, 0.4) is 0 Å². The van der Waals surface area contributed by atoms with Crippen LogP contribution in [-0.4, -0.2) is 39.1 Å². The Morgan fingerprint density at radius 1 is 1.27 bits per heavy atom. The molecule has 0 radical (unpaired) electrons. The summed E-state index contributed by atoms with van der Waals surface area (Å²) >= 11 is 0. The smallest absolute Gasteiger partial charge is 0.341 e. The standard InChI is InChI=1S/C16H18N4O2/c1-11-5-8-20(9-6-11)15-12(16(21)22)10-18-14(19-15)13-4-2-3-7-17-13/h2-4,7,10-11H,5-6,8-9H2,1H3,(H,21,22). The van der Waals surface area contributed by atoms with Crippen LogP contribution in [0.5, 0.6) is 0 Å². The van der Waals surface area contributed by atoms with E-state index in [1.165, 1.54) is 6.20 Å². The Morgan fingerprint density at radius 3 is 2.68 bits per heavy atom. The molecule has 1 fully saturated rings. The Kier molecular flexibility index (Phi) is 4.00. The summed E-state index contributed by atoms with van der Waals surface area (Å²) in [6.07, 6.45) is 5.14. The molecule has 0 amide bonds. The number of pyridine rings is 1. The average Bonchev–Trinajstić information content (AvgIpc) is 2.56. The Bertz CT molecular complexity index is 667. The van der Waals surface area contributed by atoms with E-state index in [0.29, 0.717) is 23.3 Å². The Hall–Kier alpha value is -2.50. The zero-order chi connectivity index (χ0) is 15.5. The molecule has 1 aliphatic rings. The second kappa shape index (κ2) is 6.09. The van der Waals surface area contributed by atoms with Gasteiger partial charge in [0, 0.05) is 25.5 Å². The normalized spacial score (nSPS) is 15.8. The first-order valence-corrected chi connectivity index (χ1v) is 7.42. The third-order valence-electron chi connectivity index (χ3n) is 3.98. The number of hydrogen-bond acceptors (Lipinski definition) is 5. The third-order valence-corrected chi connectivity index (χ3v) is 3.98. The van der Waals surface area contributed by atoms with Gasteiger partial charge in [-0.1, -0.05) is 13.0 Å². The zero-order valence-electron chi connectivity index (χ0n) is 12.4. The third kappa shape index (κ3) is 2.90. The minimum Gasteiger partial charge on any atom is -0.477 e. The molecule has 1 aliphatic heterocycles. The predicted octanol–water partition coefficient (Wildman–Crippen LogP) is 2.47. The number of hydrogen-bond donors (Lipinski definition) is 1. The first-order valence-electron chi connectivity index (χ1n) is 7.42. The molecule has 0 saturated carbocycles. The van der Waals surface area contributed by atoms with Gasteiger partial charge in [-0.05, 0) is 30.9 Å². The quantitative estimate of drug-likeness (QED) is 0.937. The molecule has 114 valence electrons. The maximum atomic E-state index is 11.5. The van der Waals surface area contributed by atoms with Crippen molar-refractivity contribution in [3.05, 3.63) is 36.2 Å². The molecule has 3 rings (SSSR count). The van der Waals surface area contributed by atoms with Gasteiger partial charge in [-0.2, -0.15) is 0 Å². The van der Waals surface area contributed by atoms with Gasteiger partial charge in [0.25, 0.3) is 0 Å². The fourth-order valence-electron chi connectivity index (χ4n) is 2.60. The molecule has 6 nitrogen and oxygen atoms in total. The lowest BCUT2D eigenvalue weighted by molar-refractivity contribution is 0.0696. The van der Waals surface area contributed by atoms with Gasteiger partial charge in [-0.3, -0.25) is 4.98 Å². The van der Waals surface area contributed by atoms with Crippen LogP contribution in [0, 0.1) is 5.92 Å². The lowest BCUT2D eigenvalue weighted by Gasteiger charge is -2.31. The van der Waals surface area contributed by atoms with E-state index >= 15 is 0 Å². The highest BCUT2D eigenvalue weighted by molar-refractivity contribution is 5.93. The summed E-state index contributed by atoms with van der Waals surface area (Å²) in [6.45, 7) is 3.86. The van der Waals surface area contributed by atoms with E-state index in [-0.39, 0.29) is 5.56 Å². The van der Waals surface area contributed by atoms with E-state index in [1.54, 1.807) is 6.20 Å². The molecule has 6 heteroatoms. The second-order valence-electron chi connectivity index (χ2n) is 5.62. The maximum Gasteiger partial charge on any atom is 0.341 e. The van der Waals surface area contributed by atoms with Crippen LogP contribution in [0.15, 0.2) is 30.6 Å². The highest BCUT2D eigenvalue weighted by atomic mass is 16.4. The van der Waals surface area contributed by atoms with Gasteiger partial charge in [0.15, 0.2) is 5.82 Å². The number of carboxylic acids is 1. The van der Waals surface area contributed by atoms with E-state index in [1.807, 2.05) is 23.1 Å². The van der Waals surface area contributed by atoms with E-state index < -0.39 is 5.97 Å². The van der Waals surface area contributed by atoms with Crippen LogP contribution >= 0.6 is 0 Å². The molecular weight excluding hydrogens is 280 g/mol. The molecule has 22 heavy (non-hydrogen) atoms. The monoisotopic (exact) mass is 298 g/mol. The SMILES string of the molecule is CC1CCN(c2nc(-c3ccccn3)ncc2C(=O)O)CC1. The van der Waals surface area contributed by atoms with Crippen LogP contribution in [0.2, 0.25) is 0 Å². The molecule has 0 unspecified atom stereocenters. The van der Waals surface area contributed by atoms with E-state index in [0.717, 1.165) is 25.9 Å². The first-order chi connectivity index (χ1) is 10.6. The number of aromatic nitrogens is 3. The molecule has 2 aromatic rings. The van der Waals surface area contributed by atoms with Crippen LogP contribution in [-0.2, 0) is 0 Å². The van der Waals surface area contributed by atoms with Gasteiger partial charge in [0.05, 0.1) is 0 Å². The van der Waals surface area contributed by atoms with E-state index in [9.17, 15) is 9.90 Å². The summed E-state index contributed by atoms with van der Waals surface area (Å²) in [6, 6.07) is 5.50. The molecule has 0 spiro atoms. The van der Waals surface area contributed by atoms with Crippen LogP contribution in [0.1, 0.15) is 30.1 Å². The minimum atomic E-state index is -0.999. The van der Waals surface area contributed by atoms with E-state index in [2.05, 4.69) is 21.9 Å². The van der Waals surface area contributed by atoms with Crippen molar-refractivity contribution in [3.63, 3.8) is 0 Å². The van der Waals surface area contributed by atoms with Crippen molar-refractivity contribution in [2.45, 2.75) is 19.8 Å². The summed E-state index contributed by atoms with van der Waals surface area (Å²) in [5.74, 6) is 0.622. The highest BCUT2D eigenvalue weighted by Gasteiger charge is 2.23. The summed E-state index contributed by atoms with van der Waals surface area (Å²) in [4.78, 5) is 26.4. The molecule has 0 atom stereocenters. The van der Waals surface area contributed by atoms with Gasteiger partial charge >= 0.3 is 5.97 Å². The fourth-order valence-corrected chi connectivity index (χ4v) is 2.60. The molecule has 2 aromatic heterocycles. The van der Waals surface area contributed by atoms with Gasteiger partial charge < -0.3 is 10.0 Å². The van der Waals surface area contributed by atoms with Crippen molar-refractivity contribution in [1.29, 1.82) is 0 Å². The maximum absolute atomic E-state index is 11.5. The lowest BCUT2D eigenvalue weighted by Crippen LogP contribution is -2.34. The highest BCUT2D eigenvalue weighted by Crippen LogP contribution is 2.26. The molecule has 0 aromatic carbocycles. The summed E-state index contributed by atoms with van der Waals surface area (Å²) < 4.78 is 0. The Balaban J connectivity index is 2.00. The van der Waals surface area contributed by atoms with Crippen LogP contribution in [0.4, 0.5) is 5.82 Å². The van der Waals surface area contributed by atoms with Crippen molar-refractivity contribution < 1.29 is 9.90 Å². The van der Waals surface area contributed by atoms with Crippen molar-refractivity contribution in [2.24, 2.45) is 5.92 Å². The van der Waals surface area contributed by atoms with Crippen LogP contribution in [0.25, 0.3) is 11.5 Å². The average molecular weight is 298 g/mol. The number of nitrogens with zero attached hydrogens (tertiary/aromatic N) is 4. The van der Waals surface area contributed by atoms with Crippen LogP contribution < -0.4 is 4.90 Å². The predicted molar refractivity (Wildman–Crippen MR) is 82.8 cm³/mol. The number of anilines is 1. The Morgan fingerprint density at radius 2 is 2.05 bits per heavy atom. The fraction of sp³-hybridized carbons (Fsp3) is 0.375. The lowest BCUT2D eigenvalue weighted by atomic mass is 9.99. The molecular formula is C16H18N4O2. The molecule has 0 aliphatic carbocycles. The zero-order valence-corrected chi connectivity index (χ0v) is 12.4. The van der Waals surface area contributed by atoms with Crippen molar-refractivity contribution in [1.82, 2.24) is 15.0 Å². The topological polar surface area (TPSA) is 79.2 Å². The van der Waals surface area contributed by atoms with Gasteiger partial charge in [-0.15, -0.1) is 0 Å². The molecule has 1 N–H and O–H groups in total. The molecule has 0 bridgehead atoms.